The zero-order chi connectivity index (χ0) is 17.0. The Balaban J connectivity index is 1.73. The molecule has 1 aromatic rings. The third-order valence-corrected chi connectivity index (χ3v) is 4.41. The molecule has 1 aliphatic heterocycles. The predicted molar refractivity (Wildman–Crippen MR) is 90.6 cm³/mol. The van der Waals surface area contributed by atoms with Crippen LogP contribution in [0, 0.1) is 13.8 Å². The predicted octanol–water partition coefficient (Wildman–Crippen LogP) is 1.75. The highest BCUT2D eigenvalue weighted by molar-refractivity contribution is 5.76. The van der Waals surface area contributed by atoms with Gasteiger partial charge in [-0.2, -0.15) is 5.10 Å². The largest absolute Gasteiger partial charge is 0.373 e. The van der Waals surface area contributed by atoms with Crippen molar-refractivity contribution < 1.29 is 9.53 Å². The fourth-order valence-electron chi connectivity index (χ4n) is 3.56. The second-order valence-electron chi connectivity index (χ2n) is 6.82. The first-order valence-electron chi connectivity index (χ1n) is 8.52. The van der Waals surface area contributed by atoms with Gasteiger partial charge in [0.15, 0.2) is 0 Å². The molecule has 1 aliphatic rings. The Morgan fingerprint density at radius 1 is 1.39 bits per heavy atom. The van der Waals surface area contributed by atoms with Crippen LogP contribution in [0.25, 0.3) is 0 Å². The summed E-state index contributed by atoms with van der Waals surface area (Å²) >= 11 is 0. The minimum absolute atomic E-state index is 0.104. The van der Waals surface area contributed by atoms with E-state index in [9.17, 15) is 4.79 Å². The number of ether oxygens (including phenoxy) is 1. The van der Waals surface area contributed by atoms with E-state index in [4.69, 9.17) is 4.74 Å². The van der Waals surface area contributed by atoms with E-state index < -0.39 is 0 Å². The summed E-state index contributed by atoms with van der Waals surface area (Å²) in [5.41, 5.74) is 3.20. The second kappa shape index (κ2) is 7.93. The lowest BCUT2D eigenvalue weighted by Gasteiger charge is -2.35. The molecule has 1 aromatic heterocycles. The van der Waals surface area contributed by atoms with Gasteiger partial charge in [-0.05, 0) is 39.2 Å². The molecule has 1 saturated heterocycles. The lowest BCUT2D eigenvalue weighted by atomic mass is 9.95. The van der Waals surface area contributed by atoms with Gasteiger partial charge in [0, 0.05) is 38.3 Å². The van der Waals surface area contributed by atoms with Crippen LogP contribution in [-0.2, 0) is 9.53 Å². The average Bonchev–Trinajstić information content (AvgIpc) is 2.77. The molecule has 2 rings (SSSR count). The Morgan fingerprint density at radius 3 is 2.61 bits per heavy atom. The molecule has 1 amide bonds. The smallest absolute Gasteiger partial charge is 0.220 e. The molecule has 23 heavy (non-hydrogen) atoms. The highest BCUT2D eigenvalue weighted by atomic mass is 16.5. The lowest BCUT2D eigenvalue weighted by molar-refractivity contribution is -0.121. The molecule has 2 heterocycles. The SMILES string of the molecule is Cc1n[nH]c(C)c1[C@H](C)CC(=O)NCCN1C[C@H](C)O[C@@H](C)C1. The van der Waals surface area contributed by atoms with Gasteiger partial charge >= 0.3 is 0 Å². The fraction of sp³-hybridized carbons (Fsp3) is 0.765. The van der Waals surface area contributed by atoms with Crippen molar-refractivity contribution in [3.8, 4) is 0 Å². The molecule has 0 aromatic carbocycles. The van der Waals surface area contributed by atoms with Crippen LogP contribution in [-0.4, -0.2) is 59.4 Å². The van der Waals surface area contributed by atoms with Gasteiger partial charge in [-0.15, -0.1) is 0 Å². The van der Waals surface area contributed by atoms with E-state index >= 15 is 0 Å². The molecule has 0 saturated carbocycles. The molecule has 0 aliphatic carbocycles. The number of aryl methyl sites for hydroxylation is 2. The minimum atomic E-state index is 0.104. The Kier molecular flexibility index (Phi) is 6.18. The van der Waals surface area contributed by atoms with Crippen LogP contribution in [0.2, 0.25) is 0 Å². The number of nitrogens with zero attached hydrogens (tertiary/aromatic N) is 2. The molecule has 0 bridgehead atoms. The monoisotopic (exact) mass is 322 g/mol. The Morgan fingerprint density at radius 2 is 2.04 bits per heavy atom. The first-order valence-corrected chi connectivity index (χ1v) is 8.52. The van der Waals surface area contributed by atoms with Gasteiger partial charge in [0.2, 0.25) is 5.91 Å². The summed E-state index contributed by atoms with van der Waals surface area (Å²) < 4.78 is 5.72. The maximum atomic E-state index is 12.2. The van der Waals surface area contributed by atoms with E-state index in [1.807, 2.05) is 13.8 Å². The van der Waals surface area contributed by atoms with Crippen molar-refractivity contribution in [2.75, 3.05) is 26.2 Å². The number of aromatic nitrogens is 2. The van der Waals surface area contributed by atoms with Crippen LogP contribution in [0.5, 0.6) is 0 Å². The highest BCUT2D eigenvalue weighted by Gasteiger charge is 2.22. The Bertz CT molecular complexity index is 499. The van der Waals surface area contributed by atoms with Crippen molar-refractivity contribution in [1.82, 2.24) is 20.4 Å². The molecule has 0 spiro atoms. The van der Waals surface area contributed by atoms with Crippen molar-refractivity contribution in [2.24, 2.45) is 0 Å². The molecule has 6 heteroatoms. The minimum Gasteiger partial charge on any atom is -0.373 e. The molecule has 0 unspecified atom stereocenters. The van der Waals surface area contributed by atoms with Gasteiger partial charge < -0.3 is 10.1 Å². The van der Waals surface area contributed by atoms with Crippen LogP contribution in [0.1, 0.15) is 50.1 Å². The molecular weight excluding hydrogens is 292 g/mol. The summed E-state index contributed by atoms with van der Waals surface area (Å²) in [6.45, 7) is 13.7. The van der Waals surface area contributed by atoms with Crippen molar-refractivity contribution in [1.29, 1.82) is 0 Å². The van der Waals surface area contributed by atoms with E-state index in [-0.39, 0.29) is 24.0 Å². The molecular formula is C17H30N4O2. The van der Waals surface area contributed by atoms with Crippen molar-refractivity contribution >= 4 is 5.91 Å². The number of carbonyl (C=O) groups is 1. The number of hydrogen-bond donors (Lipinski definition) is 2. The standard InChI is InChI=1S/C17H30N4O2/c1-11(17-14(4)19-20-15(17)5)8-16(22)18-6-7-21-9-12(2)23-13(3)10-21/h11-13H,6-10H2,1-5H3,(H,18,22)(H,19,20)/t11-,12+,13+/m1/s1. The average molecular weight is 322 g/mol. The molecule has 3 atom stereocenters. The third kappa shape index (κ3) is 5.04. The fourth-order valence-corrected chi connectivity index (χ4v) is 3.56. The first kappa shape index (κ1) is 17.9. The highest BCUT2D eigenvalue weighted by Crippen LogP contribution is 2.24. The summed E-state index contributed by atoms with van der Waals surface area (Å²) in [5.74, 6) is 0.282. The number of aromatic amines is 1. The molecule has 2 N–H and O–H groups in total. The van der Waals surface area contributed by atoms with Crippen LogP contribution in [0.15, 0.2) is 0 Å². The number of nitrogens with one attached hydrogen (secondary N) is 2. The summed E-state index contributed by atoms with van der Waals surface area (Å²) in [6, 6.07) is 0. The van der Waals surface area contributed by atoms with Crippen molar-refractivity contribution in [3.05, 3.63) is 17.0 Å². The third-order valence-electron chi connectivity index (χ3n) is 4.41. The molecule has 1 fully saturated rings. The Labute approximate surface area is 139 Å². The van der Waals surface area contributed by atoms with Gasteiger partial charge in [0.1, 0.15) is 0 Å². The van der Waals surface area contributed by atoms with E-state index in [1.54, 1.807) is 0 Å². The van der Waals surface area contributed by atoms with Crippen LogP contribution in [0.4, 0.5) is 0 Å². The number of morpholine rings is 1. The second-order valence-corrected chi connectivity index (χ2v) is 6.82. The number of carbonyl (C=O) groups excluding carboxylic acids is 1. The maximum Gasteiger partial charge on any atom is 0.220 e. The van der Waals surface area contributed by atoms with Crippen molar-refractivity contribution in [3.63, 3.8) is 0 Å². The van der Waals surface area contributed by atoms with Gasteiger partial charge in [0.25, 0.3) is 0 Å². The van der Waals surface area contributed by atoms with Crippen LogP contribution in [0.3, 0.4) is 0 Å². The zero-order valence-corrected chi connectivity index (χ0v) is 15.0. The van der Waals surface area contributed by atoms with E-state index in [2.05, 4.69) is 41.2 Å². The quantitative estimate of drug-likeness (QED) is 0.837. The zero-order valence-electron chi connectivity index (χ0n) is 15.0. The van der Waals surface area contributed by atoms with E-state index in [1.165, 1.54) is 0 Å². The number of hydrogen-bond acceptors (Lipinski definition) is 4. The van der Waals surface area contributed by atoms with Gasteiger partial charge in [-0.25, -0.2) is 0 Å². The normalized spacial score (nSPS) is 23.7. The number of H-pyrrole nitrogens is 1. The molecule has 6 nitrogen and oxygen atoms in total. The lowest BCUT2D eigenvalue weighted by Crippen LogP contribution is -2.47. The van der Waals surface area contributed by atoms with E-state index in [0.717, 1.165) is 36.6 Å². The summed E-state index contributed by atoms with van der Waals surface area (Å²) in [6.07, 6.45) is 1.03. The summed E-state index contributed by atoms with van der Waals surface area (Å²) in [7, 11) is 0. The Hall–Kier alpha value is -1.40. The van der Waals surface area contributed by atoms with E-state index in [0.29, 0.717) is 13.0 Å². The molecule has 0 radical (unpaired) electrons. The maximum absolute atomic E-state index is 12.2. The van der Waals surface area contributed by atoms with Crippen LogP contribution >= 0.6 is 0 Å². The topological polar surface area (TPSA) is 70.2 Å². The van der Waals surface area contributed by atoms with Gasteiger partial charge in [-0.1, -0.05) is 6.92 Å². The summed E-state index contributed by atoms with van der Waals surface area (Å²) in [4.78, 5) is 14.5. The summed E-state index contributed by atoms with van der Waals surface area (Å²) in [5, 5.41) is 10.2. The molecule has 130 valence electrons. The number of rotatable bonds is 6. The van der Waals surface area contributed by atoms with Crippen LogP contribution < -0.4 is 5.32 Å². The first-order chi connectivity index (χ1) is 10.9. The van der Waals surface area contributed by atoms with Crippen molar-refractivity contribution in [2.45, 2.75) is 59.2 Å². The van der Waals surface area contributed by atoms with Gasteiger partial charge in [-0.3, -0.25) is 14.8 Å². The number of amides is 1. The van der Waals surface area contributed by atoms with Gasteiger partial charge in [0.05, 0.1) is 17.9 Å².